The van der Waals surface area contributed by atoms with Gasteiger partial charge in [0, 0.05) is 40.6 Å². The lowest BCUT2D eigenvalue weighted by atomic mass is 10.2. The topological polar surface area (TPSA) is 76.7 Å². The summed E-state index contributed by atoms with van der Waals surface area (Å²) in [6.07, 6.45) is 1.86. The number of aromatic nitrogens is 4. The van der Waals surface area contributed by atoms with Crippen molar-refractivity contribution in [1.82, 2.24) is 19.7 Å². The van der Waals surface area contributed by atoms with Crippen LogP contribution < -0.4 is 0 Å². The quantitative estimate of drug-likeness (QED) is 0.390. The normalized spacial score (nSPS) is 11.4. The second kappa shape index (κ2) is 7.08. The van der Waals surface area contributed by atoms with Crippen molar-refractivity contribution in [2.45, 2.75) is 32.5 Å². The van der Waals surface area contributed by atoms with Crippen LogP contribution in [0.3, 0.4) is 0 Å². The molecule has 0 saturated heterocycles. The minimum Gasteiger partial charge on any atom is -0.411 e. The summed E-state index contributed by atoms with van der Waals surface area (Å²) in [4.78, 5) is 15.8. The number of hydrogen-bond donors (Lipinski definition) is 1. The lowest BCUT2D eigenvalue weighted by molar-refractivity contribution is 0.102. The molecule has 3 aromatic heterocycles. The van der Waals surface area contributed by atoms with E-state index >= 15 is 0 Å². The van der Waals surface area contributed by atoms with Crippen molar-refractivity contribution in [3.8, 4) is 11.5 Å². The third-order valence-corrected chi connectivity index (χ3v) is 5.56. The number of carbonyl (C=O) groups excluding carboxylic acids is 1. The Labute approximate surface area is 161 Å². The van der Waals surface area contributed by atoms with Gasteiger partial charge >= 0.3 is 0 Å². The number of nitrogens with one attached hydrogen (secondary N) is 1. The van der Waals surface area contributed by atoms with Gasteiger partial charge < -0.3 is 14.0 Å². The molecule has 0 aliphatic carbocycles. The number of Topliss-reactive ketones (excluding diaryl/α,β-unsaturated/α-hetero) is 1. The molecule has 0 bridgehead atoms. The first kappa shape index (κ1) is 17.6. The molecule has 0 unspecified atom stereocenters. The number of benzene rings is 1. The molecule has 27 heavy (non-hydrogen) atoms. The number of H-pyrrole nitrogens is 1. The van der Waals surface area contributed by atoms with Crippen molar-refractivity contribution in [2.75, 3.05) is 5.75 Å². The van der Waals surface area contributed by atoms with E-state index in [4.69, 9.17) is 4.42 Å². The van der Waals surface area contributed by atoms with Gasteiger partial charge in [-0.3, -0.25) is 4.79 Å². The van der Waals surface area contributed by atoms with E-state index in [1.165, 1.54) is 11.8 Å². The molecule has 0 spiro atoms. The van der Waals surface area contributed by atoms with Crippen LogP contribution in [-0.4, -0.2) is 31.3 Å². The van der Waals surface area contributed by atoms with Gasteiger partial charge in [0.1, 0.15) is 0 Å². The summed E-state index contributed by atoms with van der Waals surface area (Å²) < 4.78 is 7.90. The van der Waals surface area contributed by atoms with E-state index < -0.39 is 0 Å². The summed E-state index contributed by atoms with van der Waals surface area (Å²) in [7, 11) is 0. The standard InChI is InChI=1S/C20H20N4O2S/c1-4-24-12(2)9-15(13(24)3)18(25)11-27-20-23-22-19(26-20)16-10-21-17-8-6-5-7-14(16)17/h5-10,21H,4,11H2,1-3H3. The fourth-order valence-electron chi connectivity index (χ4n) is 3.40. The lowest BCUT2D eigenvalue weighted by Crippen LogP contribution is -2.05. The molecule has 0 amide bonds. The largest absolute Gasteiger partial charge is 0.411 e. The van der Waals surface area contributed by atoms with Crippen molar-refractivity contribution in [3.05, 3.63) is 53.5 Å². The van der Waals surface area contributed by atoms with Gasteiger partial charge in [-0.05, 0) is 32.9 Å². The van der Waals surface area contributed by atoms with Gasteiger partial charge in [0.05, 0.1) is 11.3 Å². The van der Waals surface area contributed by atoms with Crippen LogP contribution in [0.25, 0.3) is 22.4 Å². The van der Waals surface area contributed by atoms with Gasteiger partial charge in [-0.25, -0.2) is 0 Å². The van der Waals surface area contributed by atoms with Gasteiger partial charge in [0.15, 0.2) is 5.78 Å². The zero-order valence-electron chi connectivity index (χ0n) is 15.4. The summed E-state index contributed by atoms with van der Waals surface area (Å²) in [6, 6.07) is 9.89. The van der Waals surface area contributed by atoms with Crippen molar-refractivity contribution in [1.29, 1.82) is 0 Å². The minimum absolute atomic E-state index is 0.0691. The molecule has 3 heterocycles. The number of carbonyl (C=O) groups is 1. The zero-order valence-corrected chi connectivity index (χ0v) is 16.3. The first-order chi connectivity index (χ1) is 13.1. The van der Waals surface area contributed by atoms with Crippen LogP contribution in [0.15, 0.2) is 46.2 Å². The molecule has 1 aromatic carbocycles. The Bertz CT molecular complexity index is 1120. The van der Waals surface area contributed by atoms with E-state index in [2.05, 4.69) is 26.7 Å². The van der Waals surface area contributed by atoms with E-state index in [1.54, 1.807) is 0 Å². The van der Waals surface area contributed by atoms with Crippen LogP contribution in [0, 0.1) is 13.8 Å². The predicted molar refractivity (Wildman–Crippen MR) is 106 cm³/mol. The molecule has 6 nitrogen and oxygen atoms in total. The molecular formula is C20H20N4O2S. The molecule has 0 radical (unpaired) electrons. The van der Waals surface area contributed by atoms with Crippen LogP contribution in [0.4, 0.5) is 0 Å². The predicted octanol–water partition coefficient (Wildman–Crippen LogP) is 4.63. The number of ketones is 1. The molecule has 0 aliphatic rings. The monoisotopic (exact) mass is 380 g/mol. The van der Waals surface area contributed by atoms with E-state index in [-0.39, 0.29) is 11.5 Å². The molecule has 0 fully saturated rings. The van der Waals surface area contributed by atoms with Crippen LogP contribution in [0.5, 0.6) is 0 Å². The number of thioether (sulfide) groups is 1. The van der Waals surface area contributed by atoms with E-state index in [1.807, 2.05) is 50.4 Å². The number of aromatic amines is 1. The summed E-state index contributed by atoms with van der Waals surface area (Å²) in [6.45, 7) is 6.94. The van der Waals surface area contributed by atoms with Crippen molar-refractivity contribution in [3.63, 3.8) is 0 Å². The molecule has 0 atom stereocenters. The smallest absolute Gasteiger partial charge is 0.277 e. The summed E-state index contributed by atoms with van der Waals surface area (Å²) in [5, 5.41) is 9.64. The maximum Gasteiger partial charge on any atom is 0.277 e. The Balaban J connectivity index is 1.49. The van der Waals surface area contributed by atoms with E-state index in [0.717, 1.165) is 40.0 Å². The highest BCUT2D eigenvalue weighted by molar-refractivity contribution is 7.99. The molecule has 4 aromatic rings. The average Bonchev–Trinajstić information content (AvgIpc) is 3.37. The van der Waals surface area contributed by atoms with Crippen LogP contribution >= 0.6 is 11.8 Å². The van der Waals surface area contributed by atoms with Crippen molar-refractivity contribution in [2.24, 2.45) is 0 Å². The third-order valence-electron chi connectivity index (χ3n) is 4.74. The number of fused-ring (bicyclic) bond motifs is 1. The SMILES string of the molecule is CCn1c(C)cc(C(=O)CSc2nnc(-c3c[nH]c4ccccc34)o2)c1C. The highest BCUT2D eigenvalue weighted by Gasteiger charge is 2.18. The first-order valence-corrected chi connectivity index (χ1v) is 9.79. The highest BCUT2D eigenvalue weighted by Crippen LogP contribution is 2.29. The van der Waals surface area contributed by atoms with Gasteiger partial charge in [-0.1, -0.05) is 30.0 Å². The average molecular weight is 380 g/mol. The maximum atomic E-state index is 12.6. The Morgan fingerprint density at radius 1 is 1.26 bits per heavy atom. The number of nitrogens with zero attached hydrogens (tertiary/aromatic N) is 3. The fourth-order valence-corrected chi connectivity index (χ4v) is 4.05. The van der Waals surface area contributed by atoms with Gasteiger partial charge in [-0.15, -0.1) is 10.2 Å². The van der Waals surface area contributed by atoms with E-state index in [9.17, 15) is 4.79 Å². The van der Waals surface area contributed by atoms with Gasteiger partial charge in [0.2, 0.25) is 0 Å². The second-order valence-electron chi connectivity index (χ2n) is 6.36. The highest BCUT2D eigenvalue weighted by atomic mass is 32.2. The molecular weight excluding hydrogens is 360 g/mol. The Hall–Kier alpha value is -2.80. The van der Waals surface area contributed by atoms with Gasteiger partial charge in [0.25, 0.3) is 11.1 Å². The van der Waals surface area contributed by atoms with Crippen molar-refractivity contribution >= 4 is 28.4 Å². The van der Waals surface area contributed by atoms with Crippen LogP contribution in [0.1, 0.15) is 28.7 Å². The molecule has 0 saturated carbocycles. The summed E-state index contributed by atoms with van der Waals surface area (Å²) in [5.41, 5.74) is 4.75. The molecule has 4 rings (SSSR count). The number of aryl methyl sites for hydroxylation is 1. The fraction of sp³-hybridized carbons (Fsp3) is 0.250. The Morgan fingerprint density at radius 2 is 2.07 bits per heavy atom. The summed E-state index contributed by atoms with van der Waals surface area (Å²) >= 11 is 1.27. The third kappa shape index (κ3) is 3.19. The second-order valence-corrected chi connectivity index (χ2v) is 7.29. The van der Waals surface area contributed by atoms with E-state index in [0.29, 0.717) is 11.1 Å². The molecule has 138 valence electrons. The Kier molecular flexibility index (Phi) is 4.61. The van der Waals surface area contributed by atoms with Gasteiger partial charge in [-0.2, -0.15) is 0 Å². The zero-order chi connectivity index (χ0) is 19.0. The Morgan fingerprint density at radius 3 is 2.85 bits per heavy atom. The lowest BCUT2D eigenvalue weighted by Gasteiger charge is -2.05. The molecule has 1 N–H and O–H groups in total. The van der Waals surface area contributed by atoms with Crippen LogP contribution in [0.2, 0.25) is 0 Å². The number of para-hydroxylation sites is 1. The minimum atomic E-state index is 0.0691. The summed E-state index contributed by atoms with van der Waals surface area (Å²) in [5.74, 6) is 0.787. The van der Waals surface area contributed by atoms with Crippen LogP contribution in [-0.2, 0) is 6.54 Å². The van der Waals surface area contributed by atoms with Crippen molar-refractivity contribution < 1.29 is 9.21 Å². The molecule has 7 heteroatoms. The molecule has 0 aliphatic heterocycles. The number of rotatable bonds is 6. The maximum absolute atomic E-state index is 12.6. The first-order valence-electron chi connectivity index (χ1n) is 8.81. The number of hydrogen-bond acceptors (Lipinski definition) is 5.